The summed E-state index contributed by atoms with van der Waals surface area (Å²) in [5, 5.41) is 13.4. The molecule has 32 heavy (non-hydrogen) atoms. The summed E-state index contributed by atoms with van der Waals surface area (Å²) in [4.78, 5) is 16.9. The first-order chi connectivity index (χ1) is 15.1. The molecule has 0 aromatic heterocycles. The monoisotopic (exact) mass is 453 g/mol. The summed E-state index contributed by atoms with van der Waals surface area (Å²) in [5.41, 5.74) is 3.32. The maximum atomic E-state index is 11.5. The second-order valence-corrected chi connectivity index (χ2v) is 14.0. The van der Waals surface area contributed by atoms with Gasteiger partial charge in [-0.05, 0) is 60.2 Å². The third-order valence-corrected chi connectivity index (χ3v) is 10.0. The van der Waals surface area contributed by atoms with E-state index in [2.05, 4.69) is 50.2 Å². The third kappa shape index (κ3) is 8.00. The Kier molecular flexibility index (Phi) is 9.26. The summed E-state index contributed by atoms with van der Waals surface area (Å²) in [6.45, 7) is 10.9. The molecule has 2 aromatic carbocycles. The van der Waals surface area contributed by atoms with Gasteiger partial charge < -0.3 is 14.4 Å². The van der Waals surface area contributed by atoms with Gasteiger partial charge in [-0.2, -0.15) is 0 Å². The lowest BCUT2D eigenvalue weighted by molar-refractivity contribution is -0.135. The highest BCUT2D eigenvalue weighted by Gasteiger charge is 2.40. The number of benzene rings is 2. The van der Waals surface area contributed by atoms with Crippen LogP contribution in [0.4, 0.5) is 0 Å². The average molecular weight is 454 g/mol. The summed E-state index contributed by atoms with van der Waals surface area (Å²) < 4.78 is 5.94. The van der Waals surface area contributed by atoms with Crippen molar-refractivity contribution in [3.05, 3.63) is 72.0 Å². The largest absolute Gasteiger partial charge is 0.539 e. The van der Waals surface area contributed by atoms with Gasteiger partial charge in [0.05, 0.1) is 6.21 Å². The van der Waals surface area contributed by atoms with Crippen molar-refractivity contribution in [3.8, 4) is 11.1 Å². The molecule has 2 rings (SSSR count). The number of nitrogens with zero attached hydrogens (tertiary/aromatic N) is 1. The van der Waals surface area contributed by atoms with Gasteiger partial charge in [0.2, 0.25) is 0 Å². The molecular formula is C26H35NO4Si. The molecule has 172 valence electrons. The van der Waals surface area contributed by atoms with Gasteiger partial charge in [0.25, 0.3) is 8.32 Å². The van der Waals surface area contributed by atoms with Crippen LogP contribution in [0.3, 0.4) is 0 Å². The molecule has 0 atom stereocenters. The van der Waals surface area contributed by atoms with Crippen LogP contribution in [0.15, 0.2) is 71.6 Å². The number of unbranched alkanes of at least 4 members (excludes halogenated alkanes) is 2. The Morgan fingerprint density at radius 3 is 2.22 bits per heavy atom. The van der Waals surface area contributed by atoms with Crippen LogP contribution >= 0.6 is 0 Å². The van der Waals surface area contributed by atoms with Crippen molar-refractivity contribution in [1.82, 2.24) is 0 Å². The predicted octanol–water partition coefficient (Wildman–Crippen LogP) is 6.86. The molecule has 0 saturated carbocycles. The number of aliphatic carboxylic acids is 1. The zero-order valence-corrected chi connectivity index (χ0v) is 20.8. The number of hydrogen-bond donors (Lipinski definition) is 1. The smallest absolute Gasteiger partial charge is 0.369 e. The molecule has 0 amide bonds. The van der Waals surface area contributed by atoms with E-state index in [-0.39, 0.29) is 10.8 Å². The molecule has 6 heteroatoms. The van der Waals surface area contributed by atoms with Crippen molar-refractivity contribution in [2.24, 2.45) is 5.16 Å². The number of rotatable bonds is 11. The summed E-state index contributed by atoms with van der Waals surface area (Å²) in [6.07, 6.45) is 5.60. The van der Waals surface area contributed by atoms with Crippen LogP contribution < -0.4 is 0 Å². The van der Waals surface area contributed by atoms with Gasteiger partial charge in [0.15, 0.2) is 5.76 Å². The van der Waals surface area contributed by atoms with Gasteiger partial charge in [-0.15, -0.1) is 0 Å². The van der Waals surface area contributed by atoms with Crippen LogP contribution in [0.5, 0.6) is 0 Å². The number of carboxylic acid groups (broad SMARTS) is 1. The topological polar surface area (TPSA) is 68.1 Å². The minimum atomic E-state index is -2.17. The molecule has 5 nitrogen and oxygen atoms in total. The van der Waals surface area contributed by atoms with Crippen LogP contribution in [0.1, 0.15) is 45.6 Å². The molecule has 0 aliphatic carbocycles. The van der Waals surface area contributed by atoms with Crippen molar-refractivity contribution in [1.29, 1.82) is 0 Å². The Labute approximate surface area is 192 Å². The van der Waals surface area contributed by atoms with Crippen LogP contribution in [0.2, 0.25) is 18.1 Å². The minimum Gasteiger partial charge on any atom is -0.539 e. The fourth-order valence-corrected chi connectivity index (χ4v) is 3.71. The van der Waals surface area contributed by atoms with Gasteiger partial charge in [-0.1, -0.05) is 80.5 Å². The van der Waals surface area contributed by atoms with Gasteiger partial charge in [-0.25, -0.2) is 4.79 Å². The summed E-state index contributed by atoms with van der Waals surface area (Å²) in [6, 6.07) is 18.4. The van der Waals surface area contributed by atoms with Crippen molar-refractivity contribution in [2.45, 2.75) is 58.2 Å². The van der Waals surface area contributed by atoms with E-state index in [1.807, 2.05) is 43.4 Å². The molecule has 0 bridgehead atoms. The molecule has 2 aromatic rings. The van der Waals surface area contributed by atoms with Gasteiger partial charge >= 0.3 is 5.97 Å². The first-order valence-corrected chi connectivity index (χ1v) is 13.9. The van der Waals surface area contributed by atoms with Crippen LogP contribution in [-0.4, -0.2) is 32.2 Å². The van der Waals surface area contributed by atoms with Crippen molar-refractivity contribution < 1.29 is 19.2 Å². The van der Waals surface area contributed by atoms with Crippen molar-refractivity contribution in [2.75, 3.05) is 6.61 Å². The lowest BCUT2D eigenvalue weighted by atomic mass is 10.0. The zero-order chi connectivity index (χ0) is 23.6. The summed E-state index contributed by atoms with van der Waals surface area (Å²) in [7, 11) is -2.17. The summed E-state index contributed by atoms with van der Waals surface area (Å²) >= 11 is 0. The number of carboxylic acids is 1. The van der Waals surface area contributed by atoms with E-state index in [9.17, 15) is 9.90 Å². The molecule has 1 N–H and O–H groups in total. The number of carbonyl (C=O) groups is 1. The quantitative estimate of drug-likeness (QED) is 0.101. The maximum absolute atomic E-state index is 11.5. The first kappa shape index (κ1) is 25.4. The number of hydrogen-bond acceptors (Lipinski definition) is 4. The van der Waals surface area contributed by atoms with Gasteiger partial charge in [0, 0.05) is 0 Å². The Morgan fingerprint density at radius 2 is 1.62 bits per heavy atom. The molecule has 0 aliphatic rings. The zero-order valence-electron chi connectivity index (χ0n) is 19.8. The van der Waals surface area contributed by atoms with Crippen LogP contribution in [0.25, 0.3) is 11.1 Å². The molecule has 0 spiro atoms. The molecule has 0 radical (unpaired) electrons. The van der Waals surface area contributed by atoms with E-state index < -0.39 is 14.3 Å². The van der Waals surface area contributed by atoms with E-state index in [4.69, 9.17) is 9.26 Å². The predicted molar refractivity (Wildman–Crippen MR) is 133 cm³/mol. The van der Waals surface area contributed by atoms with E-state index in [0.717, 1.165) is 24.0 Å². The summed E-state index contributed by atoms with van der Waals surface area (Å²) in [5.74, 6) is -0.941. The highest BCUT2D eigenvalue weighted by Crippen LogP contribution is 2.38. The van der Waals surface area contributed by atoms with E-state index >= 15 is 0 Å². The molecule has 0 saturated heterocycles. The van der Waals surface area contributed by atoms with Crippen molar-refractivity contribution >= 4 is 20.5 Å². The highest BCUT2D eigenvalue weighted by molar-refractivity contribution is 6.74. The highest BCUT2D eigenvalue weighted by atomic mass is 28.4. The normalized spacial score (nSPS) is 12.7. The van der Waals surface area contributed by atoms with Crippen LogP contribution in [-0.2, 0) is 14.1 Å². The lowest BCUT2D eigenvalue weighted by Gasteiger charge is -2.36. The molecule has 0 unspecified atom stereocenters. The van der Waals surface area contributed by atoms with E-state index in [1.54, 1.807) is 12.3 Å². The van der Waals surface area contributed by atoms with E-state index in [0.29, 0.717) is 13.0 Å². The fourth-order valence-electron chi connectivity index (χ4n) is 2.69. The molecule has 0 heterocycles. The second kappa shape index (κ2) is 11.7. The van der Waals surface area contributed by atoms with Crippen molar-refractivity contribution in [3.63, 3.8) is 0 Å². The minimum absolute atomic E-state index is 0.0464. The van der Waals surface area contributed by atoms with Gasteiger partial charge in [0.1, 0.15) is 6.61 Å². The second-order valence-electron chi connectivity index (χ2n) is 9.29. The lowest BCUT2D eigenvalue weighted by Crippen LogP contribution is -2.41. The number of allylic oxidation sites excluding steroid dienone is 1. The fraction of sp³-hybridized carbons (Fsp3) is 0.385. The van der Waals surface area contributed by atoms with E-state index in [1.165, 1.54) is 5.56 Å². The Balaban J connectivity index is 1.73. The Hall–Kier alpha value is -2.86. The average Bonchev–Trinajstić information content (AvgIpc) is 2.74. The SMILES string of the molecule is CC(C)(C)[Si](C)(C)O/C(=C\CCCCO/N=C/c1ccc(-c2ccccc2)cc1)C(=O)O. The van der Waals surface area contributed by atoms with Gasteiger partial charge in [-0.3, -0.25) is 0 Å². The first-order valence-electron chi connectivity index (χ1n) is 11.0. The standard InChI is InChI=1S/C26H35NO4Si/c1-26(2,3)32(4,5)31-24(25(28)29)14-10-7-11-19-30-27-20-21-15-17-23(18-16-21)22-12-8-6-9-13-22/h6,8-9,12-18,20H,7,10-11,19H2,1-5H3,(H,28,29)/b24-14-,27-20+. The molecular weight excluding hydrogens is 418 g/mol. The Bertz CT molecular complexity index is 913. The Morgan fingerprint density at radius 1 is 1.00 bits per heavy atom. The van der Waals surface area contributed by atoms with Crippen LogP contribution in [0, 0.1) is 0 Å². The number of oxime groups is 1. The maximum Gasteiger partial charge on any atom is 0.369 e. The molecule has 0 aliphatic heterocycles. The molecule has 0 fully saturated rings. The third-order valence-electron chi connectivity index (χ3n) is 5.70.